The summed E-state index contributed by atoms with van der Waals surface area (Å²) in [7, 11) is 4.27. The fourth-order valence-corrected chi connectivity index (χ4v) is 15.1. The lowest BCUT2D eigenvalue weighted by atomic mass is 9.85. The van der Waals surface area contributed by atoms with Gasteiger partial charge in [-0.3, -0.25) is 9.13 Å². The number of hydrogen-bond acceptors (Lipinski definition) is 4. The first kappa shape index (κ1) is 54.9. The van der Waals surface area contributed by atoms with Crippen LogP contribution in [0.4, 0.5) is 0 Å². The first-order valence-electron chi connectivity index (χ1n) is 32.3. The third-order valence-electron chi connectivity index (χ3n) is 19.7. The number of imidazole rings is 4. The predicted octanol–water partition coefficient (Wildman–Crippen LogP) is 21.3. The molecule has 0 amide bonds. The topological polar surface area (TPSA) is 71.3 Å². The molecule has 18 rings (SSSR count). The van der Waals surface area contributed by atoms with E-state index in [0.29, 0.717) is 6.42 Å². The van der Waals surface area contributed by atoms with Gasteiger partial charge in [0, 0.05) is 31.3 Å². The monoisotopic (exact) mass is 1210 g/mol. The van der Waals surface area contributed by atoms with E-state index in [1.807, 2.05) is 0 Å². The average Bonchev–Trinajstić information content (AvgIpc) is 1.14. The minimum absolute atomic E-state index is 0.664. The standard InChI is InChI=1S/C86H62N8/c1-52-87-76-42-40-60(48-82(76)91(52)4)64-28-16-30-66-70(64)50-71-65(29-17-31-67(71)85(66)62-26-14-24-58(46-62)56-21-7-6-8-22-56)61-41-43-77-83(49-61)92(5)84(90-77)45-55-20-13-23-57(44-55)59-25-15-27-63(47-59)86-68-32-18-38-78(93-53(2)88-74-34-9-11-36-80(74)93)72(68)51-73-69(86)33-19-39-79(73)94-54(3)89-75-35-10-12-37-81(75)94/h6-44,46-51H,45H2,1-5H3. The fourth-order valence-electron chi connectivity index (χ4n) is 15.1. The summed E-state index contributed by atoms with van der Waals surface area (Å²) in [6, 6.07) is 100. The molecule has 0 saturated heterocycles. The van der Waals surface area contributed by atoms with Crippen molar-refractivity contribution in [2.24, 2.45) is 14.1 Å². The third-order valence-corrected chi connectivity index (χ3v) is 19.7. The number of hydrogen-bond donors (Lipinski definition) is 0. The van der Waals surface area contributed by atoms with E-state index in [2.05, 4.69) is 326 Å². The summed E-state index contributed by atoms with van der Waals surface area (Å²) in [5.74, 6) is 3.88. The minimum atomic E-state index is 0.664. The molecule has 0 aliphatic rings. The summed E-state index contributed by atoms with van der Waals surface area (Å²) in [5, 5.41) is 9.46. The Bertz CT molecular complexity index is 6010. The highest BCUT2D eigenvalue weighted by Crippen LogP contribution is 2.46. The van der Waals surface area contributed by atoms with Gasteiger partial charge in [0.05, 0.1) is 55.5 Å². The quantitative estimate of drug-likeness (QED) is 0.128. The molecule has 14 aromatic carbocycles. The first-order chi connectivity index (χ1) is 46.1. The summed E-state index contributed by atoms with van der Waals surface area (Å²) in [5.41, 5.74) is 25.7. The van der Waals surface area contributed by atoms with Gasteiger partial charge in [-0.2, -0.15) is 0 Å². The Balaban J connectivity index is 0.735. The maximum absolute atomic E-state index is 5.36. The summed E-state index contributed by atoms with van der Waals surface area (Å²) in [6.07, 6.45) is 0.664. The maximum atomic E-state index is 5.36. The van der Waals surface area contributed by atoms with Crippen molar-refractivity contribution in [1.29, 1.82) is 0 Å². The molecule has 8 heteroatoms. The number of para-hydroxylation sites is 4. The number of benzene rings is 14. The van der Waals surface area contributed by atoms with Crippen LogP contribution in [0, 0.1) is 20.8 Å². The Labute approximate surface area is 543 Å². The van der Waals surface area contributed by atoms with E-state index in [1.54, 1.807) is 0 Å². The molecule has 446 valence electrons. The molecule has 0 N–H and O–H groups in total. The molecule has 0 unspecified atom stereocenters. The first-order valence-corrected chi connectivity index (χ1v) is 32.3. The Morgan fingerprint density at radius 3 is 1.26 bits per heavy atom. The van der Waals surface area contributed by atoms with Crippen LogP contribution in [-0.4, -0.2) is 38.2 Å². The zero-order valence-electron chi connectivity index (χ0n) is 52.8. The molecule has 4 heterocycles. The van der Waals surface area contributed by atoms with Gasteiger partial charge in [-0.15, -0.1) is 0 Å². The minimum Gasteiger partial charge on any atom is -0.331 e. The van der Waals surface area contributed by atoms with Crippen molar-refractivity contribution in [3.8, 4) is 78.1 Å². The number of aryl methyl sites for hydroxylation is 5. The van der Waals surface area contributed by atoms with E-state index in [1.165, 1.54) is 76.8 Å². The fraction of sp³-hybridized carbons (Fsp3) is 0.0698. The molecule has 0 fully saturated rings. The average molecular weight is 1210 g/mol. The SMILES string of the molecule is Cc1nc2ccc(-c3cccc4c(-c5cccc(-c6ccccc6)c5)c5cccc(-c6ccc7nc(Cc8cccc(-c9cccc(-c%10c%11cccc(-n%12c(C)nc%13ccccc%13%12)c%11cc%11c(-n%12c(C)nc%13ccccc%13%12)cccc%10%11)c9)c8)n(C)c7c6)c5cc34)cc2n1C. The van der Waals surface area contributed by atoms with Crippen LogP contribution in [0.5, 0.6) is 0 Å². The second-order valence-electron chi connectivity index (χ2n) is 25.1. The number of aromatic nitrogens is 8. The van der Waals surface area contributed by atoms with Gasteiger partial charge < -0.3 is 9.13 Å². The second kappa shape index (κ2) is 21.6. The van der Waals surface area contributed by atoms with Gasteiger partial charge in [-0.05, 0) is 210 Å². The number of rotatable bonds is 10. The van der Waals surface area contributed by atoms with Crippen LogP contribution in [0.1, 0.15) is 28.9 Å². The van der Waals surface area contributed by atoms with E-state index in [9.17, 15) is 0 Å². The summed E-state index contributed by atoms with van der Waals surface area (Å²) in [4.78, 5) is 20.3. The van der Waals surface area contributed by atoms with Crippen molar-refractivity contribution >= 4 is 87.2 Å². The van der Waals surface area contributed by atoms with Crippen LogP contribution >= 0.6 is 0 Å². The highest BCUT2D eigenvalue weighted by molar-refractivity contribution is 6.20. The Morgan fingerprint density at radius 2 is 0.681 bits per heavy atom. The second-order valence-corrected chi connectivity index (χ2v) is 25.1. The van der Waals surface area contributed by atoms with Crippen molar-refractivity contribution < 1.29 is 0 Å². The van der Waals surface area contributed by atoms with Crippen molar-refractivity contribution in [2.45, 2.75) is 27.2 Å². The molecule has 0 aliphatic carbocycles. The summed E-state index contributed by atoms with van der Waals surface area (Å²) < 4.78 is 9.11. The molecule has 4 aromatic heterocycles. The summed E-state index contributed by atoms with van der Waals surface area (Å²) >= 11 is 0. The van der Waals surface area contributed by atoms with E-state index in [4.69, 9.17) is 19.9 Å². The number of nitrogens with zero attached hydrogens (tertiary/aromatic N) is 8. The molecule has 0 bridgehead atoms. The van der Waals surface area contributed by atoms with Gasteiger partial charge in [-0.1, -0.05) is 188 Å². The number of fused-ring (bicyclic) bond motifs is 8. The highest BCUT2D eigenvalue weighted by Gasteiger charge is 2.23. The van der Waals surface area contributed by atoms with Crippen LogP contribution < -0.4 is 0 Å². The molecule has 0 radical (unpaired) electrons. The van der Waals surface area contributed by atoms with Crippen molar-refractivity contribution in [2.75, 3.05) is 0 Å². The van der Waals surface area contributed by atoms with Crippen LogP contribution in [-0.2, 0) is 20.5 Å². The third kappa shape index (κ3) is 8.81. The van der Waals surface area contributed by atoms with Gasteiger partial charge >= 0.3 is 0 Å². The normalized spacial score (nSPS) is 11.9. The van der Waals surface area contributed by atoms with E-state index in [0.717, 1.165) is 117 Å². The smallest absolute Gasteiger partial charge is 0.114 e. The molecule has 0 saturated carbocycles. The maximum Gasteiger partial charge on any atom is 0.114 e. The van der Waals surface area contributed by atoms with E-state index < -0.39 is 0 Å². The Kier molecular flexibility index (Phi) is 12.6. The zero-order valence-corrected chi connectivity index (χ0v) is 52.8. The van der Waals surface area contributed by atoms with Crippen LogP contribution in [0.15, 0.2) is 273 Å². The van der Waals surface area contributed by atoms with Gasteiger partial charge in [-0.25, -0.2) is 19.9 Å². The van der Waals surface area contributed by atoms with Gasteiger partial charge in [0.15, 0.2) is 0 Å². The van der Waals surface area contributed by atoms with Crippen LogP contribution in [0.3, 0.4) is 0 Å². The molecule has 8 nitrogen and oxygen atoms in total. The van der Waals surface area contributed by atoms with Gasteiger partial charge in [0.2, 0.25) is 0 Å². The lowest BCUT2D eigenvalue weighted by Crippen LogP contribution is -2.01. The van der Waals surface area contributed by atoms with Crippen molar-refractivity contribution in [1.82, 2.24) is 38.2 Å². The molecule has 0 atom stereocenters. The highest BCUT2D eigenvalue weighted by atomic mass is 15.1. The summed E-state index contributed by atoms with van der Waals surface area (Å²) in [6.45, 7) is 6.28. The van der Waals surface area contributed by atoms with Crippen molar-refractivity contribution in [3.63, 3.8) is 0 Å². The Hall–Kier alpha value is -12.0. The van der Waals surface area contributed by atoms with Crippen LogP contribution in [0.25, 0.3) is 165 Å². The van der Waals surface area contributed by atoms with E-state index in [-0.39, 0.29) is 0 Å². The molecule has 18 aromatic rings. The molecule has 0 spiro atoms. The zero-order chi connectivity index (χ0) is 62.9. The lowest BCUT2D eigenvalue weighted by molar-refractivity contribution is 0.845. The predicted molar refractivity (Wildman–Crippen MR) is 390 cm³/mol. The molecular weight excluding hydrogens is 1150 g/mol. The molecule has 0 aliphatic heterocycles. The largest absolute Gasteiger partial charge is 0.331 e. The Morgan fingerprint density at radius 1 is 0.266 bits per heavy atom. The van der Waals surface area contributed by atoms with Gasteiger partial charge in [0.1, 0.15) is 23.3 Å². The van der Waals surface area contributed by atoms with E-state index >= 15 is 0 Å². The van der Waals surface area contributed by atoms with Crippen molar-refractivity contribution in [3.05, 3.63) is 302 Å². The van der Waals surface area contributed by atoms with Crippen LogP contribution in [0.2, 0.25) is 0 Å². The van der Waals surface area contributed by atoms with Gasteiger partial charge in [0.25, 0.3) is 0 Å². The molecular formula is C86H62N8. The molecule has 94 heavy (non-hydrogen) atoms. The lowest BCUT2D eigenvalue weighted by Gasteiger charge is -2.19.